The molecular weight excluding hydrogens is 308 g/mol. The van der Waals surface area contributed by atoms with E-state index in [1.807, 2.05) is 0 Å². The van der Waals surface area contributed by atoms with E-state index < -0.39 is 11.8 Å². The van der Waals surface area contributed by atoms with Crippen molar-refractivity contribution >= 4 is 34.8 Å². The third-order valence-corrected chi connectivity index (χ3v) is 3.15. The van der Waals surface area contributed by atoms with Crippen molar-refractivity contribution in [2.24, 2.45) is 0 Å². The lowest BCUT2D eigenvalue weighted by Crippen LogP contribution is -2.29. The number of anilines is 2. The average molecular weight is 319 g/mol. The zero-order chi connectivity index (χ0) is 15.5. The second-order valence-corrected chi connectivity index (χ2v) is 4.92. The highest BCUT2D eigenvalue weighted by Crippen LogP contribution is 2.34. The van der Waals surface area contributed by atoms with Crippen molar-refractivity contribution in [3.63, 3.8) is 0 Å². The van der Waals surface area contributed by atoms with Crippen molar-refractivity contribution in [2.45, 2.75) is 0 Å². The van der Waals surface area contributed by atoms with E-state index in [0.29, 0.717) is 27.9 Å². The summed E-state index contributed by atoms with van der Waals surface area (Å²) in [5.74, 6) is -0.465. The smallest absolute Gasteiger partial charge is 0.314 e. The Labute approximate surface area is 131 Å². The van der Waals surface area contributed by atoms with E-state index in [1.165, 1.54) is 0 Å². The molecule has 6 nitrogen and oxygen atoms in total. The van der Waals surface area contributed by atoms with Crippen LogP contribution in [0.2, 0.25) is 5.02 Å². The number of carbonyl (C=O) groups is 2. The molecule has 0 fully saturated rings. The zero-order valence-electron chi connectivity index (χ0n) is 11.3. The van der Waals surface area contributed by atoms with E-state index in [1.54, 1.807) is 42.5 Å². The van der Waals surface area contributed by atoms with Crippen LogP contribution in [0.1, 0.15) is 0 Å². The maximum atomic E-state index is 11.9. The first kappa shape index (κ1) is 14.2. The van der Waals surface area contributed by atoms with E-state index in [0.717, 1.165) is 0 Å². The molecule has 0 radical (unpaired) electrons. The molecule has 2 aromatic carbocycles. The van der Waals surface area contributed by atoms with Crippen LogP contribution >= 0.6 is 11.6 Å². The molecular formula is C15H11ClN2O4. The molecule has 7 heteroatoms. The Morgan fingerprint density at radius 2 is 1.59 bits per heavy atom. The molecule has 0 aliphatic carbocycles. The van der Waals surface area contributed by atoms with Crippen molar-refractivity contribution < 1.29 is 19.1 Å². The van der Waals surface area contributed by atoms with Gasteiger partial charge in [-0.3, -0.25) is 9.59 Å². The normalized spacial score (nSPS) is 11.9. The summed E-state index contributed by atoms with van der Waals surface area (Å²) in [4.78, 5) is 23.7. The van der Waals surface area contributed by atoms with Gasteiger partial charge in [0.05, 0.1) is 0 Å². The standard InChI is InChI=1S/C15H11ClN2O4/c16-9-2-1-3-10(6-9)17-14(19)15(20)18-11-4-5-12-13(7-11)22-8-21-12/h1-7H,8H2,(H,17,19)(H,18,20). The van der Waals surface area contributed by atoms with Crippen molar-refractivity contribution in [3.8, 4) is 11.5 Å². The van der Waals surface area contributed by atoms with Crippen molar-refractivity contribution in [1.29, 1.82) is 0 Å². The van der Waals surface area contributed by atoms with Gasteiger partial charge in [0.1, 0.15) is 0 Å². The number of fused-ring (bicyclic) bond motifs is 1. The lowest BCUT2D eigenvalue weighted by atomic mass is 10.2. The Bertz CT molecular complexity index is 748. The number of amides is 2. The van der Waals surface area contributed by atoms with Crippen LogP contribution in [0.5, 0.6) is 11.5 Å². The molecule has 0 saturated heterocycles. The van der Waals surface area contributed by atoms with E-state index in [4.69, 9.17) is 21.1 Å². The quantitative estimate of drug-likeness (QED) is 0.835. The highest BCUT2D eigenvalue weighted by molar-refractivity contribution is 6.43. The first-order valence-electron chi connectivity index (χ1n) is 6.39. The van der Waals surface area contributed by atoms with Gasteiger partial charge in [-0.1, -0.05) is 17.7 Å². The summed E-state index contributed by atoms with van der Waals surface area (Å²) in [7, 11) is 0. The average Bonchev–Trinajstić information content (AvgIpc) is 2.94. The van der Waals surface area contributed by atoms with E-state index in [9.17, 15) is 9.59 Å². The Hall–Kier alpha value is -2.73. The molecule has 0 atom stereocenters. The van der Waals surface area contributed by atoms with Gasteiger partial charge in [-0.25, -0.2) is 0 Å². The number of hydrogen-bond donors (Lipinski definition) is 2. The molecule has 0 aromatic heterocycles. The summed E-state index contributed by atoms with van der Waals surface area (Å²) < 4.78 is 10.4. The molecule has 0 spiro atoms. The van der Waals surface area contributed by atoms with Crippen molar-refractivity contribution in [1.82, 2.24) is 0 Å². The largest absolute Gasteiger partial charge is 0.454 e. The van der Waals surface area contributed by atoms with Crippen LogP contribution in [-0.2, 0) is 9.59 Å². The van der Waals surface area contributed by atoms with Crippen LogP contribution in [0.25, 0.3) is 0 Å². The van der Waals surface area contributed by atoms with Crippen LogP contribution in [0.3, 0.4) is 0 Å². The number of benzene rings is 2. The number of carbonyl (C=O) groups excluding carboxylic acids is 2. The van der Waals surface area contributed by atoms with Crippen LogP contribution < -0.4 is 20.1 Å². The predicted molar refractivity (Wildman–Crippen MR) is 81.3 cm³/mol. The van der Waals surface area contributed by atoms with E-state index in [-0.39, 0.29) is 6.79 Å². The number of halogens is 1. The fraction of sp³-hybridized carbons (Fsp3) is 0.0667. The molecule has 0 bridgehead atoms. The number of ether oxygens (including phenoxy) is 2. The molecule has 112 valence electrons. The second kappa shape index (κ2) is 5.95. The summed E-state index contributed by atoms with van der Waals surface area (Å²) in [6.45, 7) is 0.141. The molecule has 2 aromatic rings. The summed E-state index contributed by atoms with van der Waals surface area (Å²) >= 11 is 5.81. The molecule has 2 N–H and O–H groups in total. The monoisotopic (exact) mass is 318 g/mol. The minimum absolute atomic E-state index is 0.141. The lowest BCUT2D eigenvalue weighted by molar-refractivity contribution is -0.132. The summed E-state index contributed by atoms with van der Waals surface area (Å²) in [5.41, 5.74) is 0.883. The highest BCUT2D eigenvalue weighted by atomic mass is 35.5. The second-order valence-electron chi connectivity index (χ2n) is 4.49. The van der Waals surface area contributed by atoms with Gasteiger partial charge in [0.25, 0.3) is 0 Å². The van der Waals surface area contributed by atoms with Gasteiger partial charge in [-0.05, 0) is 30.3 Å². The molecule has 0 unspecified atom stereocenters. The first-order valence-corrected chi connectivity index (χ1v) is 6.77. The van der Waals surface area contributed by atoms with Crippen LogP contribution in [0, 0.1) is 0 Å². The summed E-state index contributed by atoms with van der Waals surface area (Å²) in [6, 6.07) is 11.4. The maximum absolute atomic E-state index is 11.9. The van der Waals surface area contributed by atoms with Gasteiger partial charge in [0, 0.05) is 22.5 Å². The Morgan fingerprint density at radius 3 is 2.32 bits per heavy atom. The number of nitrogens with one attached hydrogen (secondary N) is 2. The van der Waals surface area contributed by atoms with Gasteiger partial charge >= 0.3 is 11.8 Å². The van der Waals surface area contributed by atoms with Gasteiger partial charge in [0.2, 0.25) is 6.79 Å². The fourth-order valence-corrected chi connectivity index (χ4v) is 2.11. The fourth-order valence-electron chi connectivity index (χ4n) is 1.92. The lowest BCUT2D eigenvalue weighted by Gasteiger charge is -2.07. The van der Waals surface area contributed by atoms with Gasteiger partial charge < -0.3 is 20.1 Å². The minimum atomic E-state index is -0.793. The highest BCUT2D eigenvalue weighted by Gasteiger charge is 2.17. The number of rotatable bonds is 2. The summed E-state index contributed by atoms with van der Waals surface area (Å²) in [5, 5.41) is 5.42. The molecule has 1 aliphatic heterocycles. The van der Waals surface area contributed by atoms with Crippen molar-refractivity contribution in [3.05, 3.63) is 47.5 Å². The van der Waals surface area contributed by atoms with E-state index >= 15 is 0 Å². The zero-order valence-corrected chi connectivity index (χ0v) is 12.0. The maximum Gasteiger partial charge on any atom is 0.314 e. The minimum Gasteiger partial charge on any atom is -0.454 e. The predicted octanol–water partition coefficient (Wildman–Crippen LogP) is 2.65. The third-order valence-electron chi connectivity index (χ3n) is 2.92. The molecule has 22 heavy (non-hydrogen) atoms. The SMILES string of the molecule is O=C(Nc1cccc(Cl)c1)C(=O)Nc1ccc2c(c1)OCO2. The van der Waals surface area contributed by atoms with Crippen molar-refractivity contribution in [2.75, 3.05) is 17.4 Å². The molecule has 1 aliphatic rings. The van der Waals surface area contributed by atoms with Crippen LogP contribution in [0.4, 0.5) is 11.4 Å². The number of hydrogen-bond acceptors (Lipinski definition) is 4. The molecule has 1 heterocycles. The topological polar surface area (TPSA) is 76.7 Å². The Morgan fingerprint density at radius 1 is 0.909 bits per heavy atom. The molecule has 2 amide bonds. The third kappa shape index (κ3) is 3.12. The van der Waals surface area contributed by atoms with Gasteiger partial charge in [-0.15, -0.1) is 0 Å². The van der Waals surface area contributed by atoms with Gasteiger partial charge in [0.15, 0.2) is 11.5 Å². The summed E-state index contributed by atoms with van der Waals surface area (Å²) in [6.07, 6.45) is 0. The Kier molecular flexibility index (Phi) is 3.84. The molecule has 3 rings (SSSR count). The van der Waals surface area contributed by atoms with Gasteiger partial charge in [-0.2, -0.15) is 0 Å². The Balaban J connectivity index is 1.65. The molecule has 0 saturated carbocycles. The van der Waals surface area contributed by atoms with Crippen LogP contribution in [0.15, 0.2) is 42.5 Å². The van der Waals surface area contributed by atoms with Crippen LogP contribution in [-0.4, -0.2) is 18.6 Å². The van der Waals surface area contributed by atoms with E-state index in [2.05, 4.69) is 10.6 Å². The first-order chi connectivity index (χ1) is 10.6.